The van der Waals surface area contributed by atoms with Gasteiger partial charge in [-0.1, -0.05) is 76.2 Å². The van der Waals surface area contributed by atoms with E-state index in [0.717, 1.165) is 38.2 Å². The lowest BCUT2D eigenvalue weighted by molar-refractivity contribution is -0.149. The van der Waals surface area contributed by atoms with Gasteiger partial charge in [0.2, 0.25) is 47.3 Å². The summed E-state index contributed by atoms with van der Waals surface area (Å²) >= 11 is 1.59. The lowest BCUT2D eigenvalue weighted by atomic mass is 9.95. The van der Waals surface area contributed by atoms with Gasteiger partial charge in [0.25, 0.3) is 0 Å². The molecule has 0 aliphatic carbocycles. The van der Waals surface area contributed by atoms with Crippen molar-refractivity contribution >= 4 is 59.0 Å². The van der Waals surface area contributed by atoms with E-state index in [1.165, 1.54) is 75.5 Å². The van der Waals surface area contributed by atoms with Gasteiger partial charge in [0.15, 0.2) is 0 Å². The highest BCUT2D eigenvalue weighted by Gasteiger charge is 2.41. The van der Waals surface area contributed by atoms with E-state index in [-0.39, 0.29) is 42.9 Å². The zero-order valence-corrected chi connectivity index (χ0v) is 49.1. The van der Waals surface area contributed by atoms with Crippen LogP contribution in [-0.4, -0.2) is 191 Å². The topological polar surface area (TPSA) is 221 Å². The number of hydrogen-bond donors (Lipinski definition) is 5. The second kappa shape index (κ2) is 33.1. The predicted octanol–water partition coefficient (Wildman–Crippen LogP) is 4.37. The minimum atomic E-state index is -1.43. The molecule has 0 fully saturated rings. The highest BCUT2D eigenvalue weighted by Crippen LogP contribution is 2.22. The van der Waals surface area contributed by atoms with Crippen LogP contribution in [-0.2, 0) is 38.4 Å². The number of rotatable bonds is 34. The summed E-state index contributed by atoms with van der Waals surface area (Å²) in [4.78, 5) is 118. The van der Waals surface area contributed by atoms with Crippen molar-refractivity contribution in [2.24, 2.45) is 29.6 Å². The van der Waals surface area contributed by atoms with Gasteiger partial charge in [-0.05, 0) is 102 Å². The normalized spacial score (nSPS) is 14.9. The predicted molar refractivity (Wildman–Crippen MR) is 290 cm³/mol. The summed E-state index contributed by atoms with van der Waals surface area (Å²) in [5.74, 6) is -2.30. The quantitative estimate of drug-likeness (QED) is 0.0570. The first-order valence-corrected chi connectivity index (χ1v) is 27.6. The van der Waals surface area contributed by atoms with Gasteiger partial charge in [-0.2, -0.15) is 11.8 Å². The number of aliphatic hydroxyl groups is 1. The van der Waals surface area contributed by atoms with Crippen LogP contribution in [0.1, 0.15) is 149 Å². The van der Waals surface area contributed by atoms with Crippen molar-refractivity contribution in [3.05, 3.63) is 0 Å². The molecule has 0 aromatic heterocycles. The molecule has 72 heavy (non-hydrogen) atoms. The Balaban J connectivity index is 6.47. The summed E-state index contributed by atoms with van der Waals surface area (Å²) in [6, 6.07) is -7.31. The van der Waals surface area contributed by atoms with Gasteiger partial charge in [-0.3, -0.25) is 38.4 Å². The SMILES string of the molecule is CCCC(=O)N(C)[C@H](CSCCCCN(CC(C)C)CC(C)C)C(=O)N(C)[C@@H](CC(C)(C)O)C(=O)N[C@H](C(=O)N(C)[C@@H](CC(C)C)C(=O)N[C@H](C)C(=O)N[C@@H](C)C(=O)N(C)[C@@H](CC(C)C)C(=O)NC)C(C)C. The largest absolute Gasteiger partial charge is 0.390 e. The van der Waals surface area contributed by atoms with Gasteiger partial charge < -0.3 is 50.9 Å². The Labute approximate surface area is 439 Å². The Morgan fingerprint density at radius 1 is 0.556 bits per heavy atom. The molecule has 0 saturated heterocycles. The minimum Gasteiger partial charge on any atom is -0.390 e. The molecule has 0 heterocycles. The number of likely N-dealkylation sites (N-methyl/N-ethyl adjacent to an activating group) is 5. The van der Waals surface area contributed by atoms with Crippen LogP contribution in [0.15, 0.2) is 0 Å². The molecule has 418 valence electrons. The van der Waals surface area contributed by atoms with Crippen molar-refractivity contribution in [1.29, 1.82) is 0 Å². The molecule has 0 saturated carbocycles. The molecule has 0 aliphatic heterocycles. The van der Waals surface area contributed by atoms with Gasteiger partial charge in [-0.15, -0.1) is 0 Å². The second-order valence-electron chi connectivity index (χ2n) is 22.6. The third kappa shape index (κ3) is 24.4. The smallest absolute Gasteiger partial charge is 0.246 e. The number of nitrogens with one attached hydrogen (secondary N) is 4. The van der Waals surface area contributed by atoms with Crippen LogP contribution >= 0.6 is 11.8 Å². The van der Waals surface area contributed by atoms with Crippen LogP contribution in [0.3, 0.4) is 0 Å². The molecule has 8 amide bonds. The van der Waals surface area contributed by atoms with Crippen LogP contribution in [0.2, 0.25) is 0 Å². The van der Waals surface area contributed by atoms with E-state index in [0.29, 0.717) is 30.4 Å². The third-order valence-electron chi connectivity index (χ3n) is 12.5. The fraction of sp³-hybridized carbons (Fsp3) is 0.849. The summed E-state index contributed by atoms with van der Waals surface area (Å²) in [6.45, 7) is 31.0. The zero-order valence-electron chi connectivity index (χ0n) is 48.3. The molecule has 7 atom stereocenters. The monoisotopic (exact) mass is 1040 g/mol. The summed E-state index contributed by atoms with van der Waals surface area (Å²) < 4.78 is 0. The fourth-order valence-electron chi connectivity index (χ4n) is 8.52. The zero-order chi connectivity index (χ0) is 56.0. The van der Waals surface area contributed by atoms with Crippen LogP contribution in [0.5, 0.6) is 0 Å². The number of carbonyl (C=O) groups is 8. The number of nitrogens with zero attached hydrogens (tertiary/aromatic N) is 5. The number of amides is 8. The molecule has 18 nitrogen and oxygen atoms in total. The maximum atomic E-state index is 14.6. The molecule has 0 rings (SSSR count). The van der Waals surface area contributed by atoms with E-state index < -0.39 is 89.3 Å². The molecular formula is C53H101N9O9S. The first kappa shape index (κ1) is 68.0. The van der Waals surface area contributed by atoms with Gasteiger partial charge in [0, 0.05) is 66.9 Å². The van der Waals surface area contributed by atoms with Gasteiger partial charge in [0.05, 0.1) is 5.60 Å². The van der Waals surface area contributed by atoms with Gasteiger partial charge in [-0.25, -0.2) is 0 Å². The molecule has 0 spiro atoms. The van der Waals surface area contributed by atoms with E-state index in [1.54, 1.807) is 32.7 Å². The van der Waals surface area contributed by atoms with Crippen molar-refractivity contribution in [2.45, 2.75) is 197 Å². The third-order valence-corrected chi connectivity index (χ3v) is 13.7. The fourth-order valence-corrected chi connectivity index (χ4v) is 9.68. The van der Waals surface area contributed by atoms with Crippen molar-refractivity contribution in [3.63, 3.8) is 0 Å². The molecule has 0 radical (unpaired) electrons. The molecule has 0 bridgehead atoms. The summed E-state index contributed by atoms with van der Waals surface area (Å²) in [5, 5.41) is 21.9. The highest BCUT2D eigenvalue weighted by atomic mass is 32.2. The Kier molecular flexibility index (Phi) is 31.2. The number of unbranched alkanes of at least 4 members (excludes halogenated alkanes) is 1. The first-order chi connectivity index (χ1) is 33.2. The van der Waals surface area contributed by atoms with Crippen LogP contribution < -0.4 is 21.3 Å². The number of hydrogen-bond acceptors (Lipinski definition) is 11. The molecular weight excluding hydrogens is 939 g/mol. The van der Waals surface area contributed by atoms with E-state index in [9.17, 15) is 43.5 Å². The van der Waals surface area contributed by atoms with Crippen LogP contribution in [0.4, 0.5) is 0 Å². The van der Waals surface area contributed by atoms with Gasteiger partial charge in [0.1, 0.15) is 42.3 Å². The summed E-state index contributed by atoms with van der Waals surface area (Å²) in [7, 11) is 7.55. The lowest BCUT2D eigenvalue weighted by Crippen LogP contribution is -2.61. The Morgan fingerprint density at radius 2 is 1.03 bits per heavy atom. The van der Waals surface area contributed by atoms with E-state index >= 15 is 0 Å². The van der Waals surface area contributed by atoms with Crippen molar-refractivity contribution in [1.82, 2.24) is 45.8 Å². The molecule has 19 heteroatoms. The van der Waals surface area contributed by atoms with Crippen molar-refractivity contribution in [3.8, 4) is 0 Å². The average Bonchev–Trinajstić information content (AvgIpc) is 3.27. The molecule has 0 aromatic carbocycles. The maximum Gasteiger partial charge on any atom is 0.246 e. The van der Waals surface area contributed by atoms with E-state index in [4.69, 9.17) is 0 Å². The molecule has 5 N–H and O–H groups in total. The average molecular weight is 1040 g/mol. The lowest BCUT2D eigenvalue weighted by Gasteiger charge is -2.38. The van der Waals surface area contributed by atoms with Crippen molar-refractivity contribution in [2.75, 3.05) is 66.4 Å². The van der Waals surface area contributed by atoms with Crippen LogP contribution in [0.25, 0.3) is 0 Å². The van der Waals surface area contributed by atoms with Gasteiger partial charge >= 0.3 is 0 Å². The number of thioether (sulfide) groups is 1. The summed E-state index contributed by atoms with van der Waals surface area (Å²) in [6.07, 6.45) is 3.19. The summed E-state index contributed by atoms with van der Waals surface area (Å²) in [5.41, 5.74) is -1.43. The minimum absolute atomic E-state index is 0.0846. The second-order valence-corrected chi connectivity index (χ2v) is 23.7. The standard InChI is InChI=1S/C53H101N9O9S/c1-21-24-44(63)58(17)43(32-72-26-23-22-25-62(30-35(6)7)31-36(8)9)51(69)61(20)42(29-53(14,15)71)49(67)57-45(37(10)11)52(70)60(19)41(28-34(4)5)48(66)55-38(12)46(64)56-39(13)50(68)59(18)40(27-33(2)3)47(65)54-16/h33-43,45,71H,21-32H2,1-20H3,(H,54,65)(H,55,66)(H,56,64)(H,57,67)/t38-,39+,40+,41+,42+,43-,45+/m1/s1. The molecule has 0 aliphatic rings. The Hall–Kier alpha value is -3.97. The van der Waals surface area contributed by atoms with E-state index in [1.807, 2.05) is 34.6 Å². The number of carbonyl (C=O) groups excluding carboxylic acids is 8. The Morgan fingerprint density at radius 3 is 1.49 bits per heavy atom. The van der Waals surface area contributed by atoms with Crippen LogP contribution in [0, 0.1) is 29.6 Å². The molecule has 0 unspecified atom stereocenters. The highest BCUT2D eigenvalue weighted by molar-refractivity contribution is 7.99. The molecule has 0 aromatic rings. The van der Waals surface area contributed by atoms with Crippen molar-refractivity contribution < 1.29 is 43.5 Å². The Bertz CT molecular complexity index is 1710. The first-order valence-electron chi connectivity index (χ1n) is 26.4. The maximum absolute atomic E-state index is 14.6. The van der Waals surface area contributed by atoms with E-state index in [2.05, 4.69) is 53.9 Å².